The third kappa shape index (κ3) is 4.90. The highest BCUT2D eigenvalue weighted by Crippen LogP contribution is 2.21. The van der Waals surface area contributed by atoms with Crippen molar-refractivity contribution in [2.24, 2.45) is 5.92 Å². The smallest absolute Gasteiger partial charge is 0.333 e. The van der Waals surface area contributed by atoms with Crippen LogP contribution in [0.25, 0.3) is 0 Å². The number of methoxy groups -OCH3 is 1. The summed E-state index contributed by atoms with van der Waals surface area (Å²) in [4.78, 5) is 24.0. The van der Waals surface area contributed by atoms with E-state index in [9.17, 15) is 18.0 Å². The van der Waals surface area contributed by atoms with Gasteiger partial charge in [-0.1, -0.05) is 34.1 Å². The summed E-state index contributed by atoms with van der Waals surface area (Å²) in [6.07, 6.45) is 1.50. The molecule has 1 aromatic rings. The van der Waals surface area contributed by atoms with Crippen molar-refractivity contribution >= 4 is 37.6 Å². The molecule has 2 unspecified atom stereocenters. The van der Waals surface area contributed by atoms with Crippen molar-refractivity contribution in [3.63, 3.8) is 0 Å². The van der Waals surface area contributed by atoms with Crippen LogP contribution in [-0.2, 0) is 24.2 Å². The first-order valence-electron chi connectivity index (χ1n) is 6.84. The summed E-state index contributed by atoms with van der Waals surface area (Å²) in [6, 6.07) is 5.98. The largest absolute Gasteiger partial charge is 0.467 e. The predicted molar refractivity (Wildman–Crippen MR) is 88.1 cm³/mol. The zero-order valence-corrected chi connectivity index (χ0v) is 14.8. The average Bonchev–Trinajstić information content (AvgIpc) is 2.84. The van der Waals surface area contributed by atoms with Gasteiger partial charge in [0.15, 0.2) is 15.9 Å². The fourth-order valence-corrected chi connectivity index (χ4v) is 3.94. The number of benzene rings is 1. The second kappa shape index (κ2) is 7.27. The lowest BCUT2D eigenvalue weighted by molar-refractivity contribution is -0.145. The molecule has 1 heterocycles. The first-order chi connectivity index (χ1) is 10.8. The highest BCUT2D eigenvalue weighted by Gasteiger charge is 2.27. The Morgan fingerprint density at radius 2 is 2.00 bits per heavy atom. The van der Waals surface area contributed by atoms with Crippen molar-refractivity contribution in [2.45, 2.75) is 12.5 Å². The number of esters is 1. The van der Waals surface area contributed by atoms with Crippen molar-refractivity contribution in [1.29, 1.82) is 0 Å². The molecular weight excluding hydrogens is 386 g/mol. The number of hydrogen-bond donors (Lipinski definition) is 1. The highest BCUT2D eigenvalue weighted by atomic mass is 79.9. The molecule has 0 saturated carbocycles. The lowest BCUT2D eigenvalue weighted by Gasteiger charge is -2.18. The summed E-state index contributed by atoms with van der Waals surface area (Å²) in [5.41, 5.74) is 0.586. The SMILES string of the molecule is COC(=O)C(NC(=O)CC1C=CS(=O)(=O)C1)c1ccc(Br)cc1. The Hall–Kier alpha value is -1.67. The topological polar surface area (TPSA) is 89.5 Å². The molecular formula is C15H16BrNO5S. The van der Waals surface area contributed by atoms with E-state index in [1.54, 1.807) is 24.3 Å². The molecule has 1 amide bonds. The Kier molecular flexibility index (Phi) is 5.59. The summed E-state index contributed by atoms with van der Waals surface area (Å²) in [6.45, 7) is 0. The van der Waals surface area contributed by atoms with Gasteiger partial charge in [0.05, 0.1) is 12.9 Å². The van der Waals surface area contributed by atoms with E-state index in [4.69, 9.17) is 4.74 Å². The second-order valence-corrected chi connectivity index (χ2v) is 8.04. The van der Waals surface area contributed by atoms with E-state index in [1.165, 1.54) is 13.2 Å². The van der Waals surface area contributed by atoms with E-state index in [0.717, 1.165) is 9.88 Å². The first-order valence-corrected chi connectivity index (χ1v) is 9.35. The maximum absolute atomic E-state index is 12.1. The van der Waals surface area contributed by atoms with Crippen LogP contribution in [-0.4, -0.2) is 33.2 Å². The molecule has 0 radical (unpaired) electrons. The van der Waals surface area contributed by atoms with Crippen LogP contribution in [0, 0.1) is 5.92 Å². The van der Waals surface area contributed by atoms with Crippen LogP contribution in [0.1, 0.15) is 18.0 Å². The average molecular weight is 402 g/mol. The van der Waals surface area contributed by atoms with Crippen LogP contribution in [0.5, 0.6) is 0 Å². The summed E-state index contributed by atoms with van der Waals surface area (Å²) in [5, 5.41) is 3.72. The summed E-state index contributed by atoms with van der Waals surface area (Å²) in [7, 11) is -1.96. The lowest BCUT2D eigenvalue weighted by atomic mass is 10.0. The third-order valence-corrected chi connectivity index (χ3v) is 5.39. The van der Waals surface area contributed by atoms with Crippen molar-refractivity contribution < 1.29 is 22.7 Å². The molecule has 2 atom stereocenters. The maximum atomic E-state index is 12.1. The number of amides is 1. The predicted octanol–water partition coefficient (Wildman–Crippen LogP) is 1.73. The van der Waals surface area contributed by atoms with Gasteiger partial charge in [-0.15, -0.1) is 0 Å². The normalized spacial score (nSPS) is 20.0. The van der Waals surface area contributed by atoms with Crippen molar-refractivity contribution in [3.8, 4) is 0 Å². The zero-order chi connectivity index (χ0) is 17.0. The number of sulfone groups is 1. The number of halogens is 1. The van der Waals surface area contributed by atoms with Gasteiger partial charge in [-0.3, -0.25) is 4.79 Å². The van der Waals surface area contributed by atoms with Crippen LogP contribution < -0.4 is 5.32 Å². The summed E-state index contributed by atoms with van der Waals surface area (Å²) in [5.74, 6) is -1.45. The van der Waals surface area contributed by atoms with Crippen LogP contribution in [0.3, 0.4) is 0 Å². The van der Waals surface area contributed by atoms with Gasteiger partial charge in [0.1, 0.15) is 0 Å². The van der Waals surface area contributed by atoms with Gasteiger partial charge in [-0.25, -0.2) is 13.2 Å². The number of hydrogen-bond acceptors (Lipinski definition) is 5. The molecule has 0 saturated heterocycles. The quantitative estimate of drug-likeness (QED) is 0.758. The van der Waals surface area contributed by atoms with E-state index < -0.39 is 27.8 Å². The minimum Gasteiger partial charge on any atom is -0.467 e. The Bertz CT molecular complexity index is 727. The Balaban J connectivity index is 2.06. The van der Waals surface area contributed by atoms with Gasteiger partial charge < -0.3 is 10.1 Å². The molecule has 0 aliphatic carbocycles. The van der Waals surface area contributed by atoms with Crippen molar-refractivity contribution in [3.05, 3.63) is 45.8 Å². The molecule has 0 aromatic heterocycles. The van der Waals surface area contributed by atoms with Gasteiger partial charge in [-0.2, -0.15) is 0 Å². The fraction of sp³-hybridized carbons (Fsp3) is 0.333. The monoisotopic (exact) mass is 401 g/mol. The minimum atomic E-state index is -3.20. The van der Waals surface area contributed by atoms with E-state index in [0.29, 0.717) is 5.56 Å². The van der Waals surface area contributed by atoms with Crippen molar-refractivity contribution in [2.75, 3.05) is 12.9 Å². The van der Waals surface area contributed by atoms with E-state index in [-0.39, 0.29) is 18.1 Å². The molecule has 8 heteroatoms. The maximum Gasteiger partial charge on any atom is 0.333 e. The Morgan fingerprint density at radius 1 is 1.35 bits per heavy atom. The van der Waals surface area contributed by atoms with Crippen LogP contribution in [0.2, 0.25) is 0 Å². The van der Waals surface area contributed by atoms with Gasteiger partial charge in [-0.05, 0) is 17.7 Å². The van der Waals surface area contributed by atoms with Crippen LogP contribution in [0.15, 0.2) is 40.2 Å². The number of nitrogens with one attached hydrogen (secondary N) is 1. The molecule has 0 bridgehead atoms. The molecule has 23 heavy (non-hydrogen) atoms. The highest BCUT2D eigenvalue weighted by molar-refractivity contribution is 9.10. The molecule has 6 nitrogen and oxygen atoms in total. The van der Waals surface area contributed by atoms with E-state index in [2.05, 4.69) is 21.2 Å². The van der Waals surface area contributed by atoms with E-state index >= 15 is 0 Å². The molecule has 1 aliphatic heterocycles. The third-order valence-electron chi connectivity index (χ3n) is 3.40. The van der Waals surface area contributed by atoms with Crippen molar-refractivity contribution in [1.82, 2.24) is 5.32 Å². The number of ether oxygens (including phenoxy) is 1. The summed E-state index contributed by atoms with van der Waals surface area (Å²) < 4.78 is 28.3. The Labute approximate surface area is 142 Å². The fourth-order valence-electron chi connectivity index (χ4n) is 2.28. The zero-order valence-electron chi connectivity index (χ0n) is 12.4. The molecule has 0 fully saturated rings. The first kappa shape index (κ1) is 17.7. The standard InChI is InChI=1S/C15H16BrNO5S/c1-22-15(19)14(11-2-4-12(16)5-3-11)17-13(18)8-10-6-7-23(20,21)9-10/h2-7,10,14H,8-9H2,1H3,(H,17,18). The van der Waals surface area contributed by atoms with Gasteiger partial charge >= 0.3 is 5.97 Å². The number of carbonyl (C=O) groups is 2. The summed E-state index contributed by atoms with van der Waals surface area (Å²) >= 11 is 3.30. The number of allylic oxidation sites excluding steroid dienone is 1. The van der Waals surface area contributed by atoms with Crippen LogP contribution >= 0.6 is 15.9 Å². The number of rotatable bonds is 5. The van der Waals surface area contributed by atoms with Crippen LogP contribution in [0.4, 0.5) is 0 Å². The minimum absolute atomic E-state index is 0.000246. The molecule has 1 aliphatic rings. The molecule has 124 valence electrons. The molecule has 2 rings (SSSR count). The lowest BCUT2D eigenvalue weighted by Crippen LogP contribution is -2.35. The second-order valence-electron chi connectivity index (χ2n) is 5.20. The molecule has 0 spiro atoms. The molecule has 1 aromatic carbocycles. The van der Waals surface area contributed by atoms with Gasteiger partial charge in [0.25, 0.3) is 0 Å². The Morgan fingerprint density at radius 3 is 2.52 bits per heavy atom. The molecule has 1 N–H and O–H groups in total. The van der Waals surface area contributed by atoms with Gasteiger partial charge in [0.2, 0.25) is 5.91 Å². The van der Waals surface area contributed by atoms with Gasteiger partial charge in [0, 0.05) is 22.2 Å². The number of carbonyl (C=O) groups excluding carboxylic acids is 2. The van der Waals surface area contributed by atoms with E-state index in [1.807, 2.05) is 0 Å².